The number of fused-ring (bicyclic) bond motifs is 1. The lowest BCUT2D eigenvalue weighted by Crippen LogP contribution is -2.48. The van der Waals surface area contributed by atoms with Crippen molar-refractivity contribution in [1.82, 2.24) is 15.0 Å². The van der Waals surface area contributed by atoms with E-state index in [0.717, 1.165) is 0 Å². The number of benzene rings is 2. The summed E-state index contributed by atoms with van der Waals surface area (Å²) < 4.78 is 45.5. The summed E-state index contributed by atoms with van der Waals surface area (Å²) >= 11 is 0. The number of aliphatic hydroxyl groups is 1. The summed E-state index contributed by atoms with van der Waals surface area (Å²) in [6.45, 7) is 6.93. The van der Waals surface area contributed by atoms with Gasteiger partial charge in [0.15, 0.2) is 10.7 Å². The molecule has 238 valence electrons. The van der Waals surface area contributed by atoms with Gasteiger partial charge in [-0.3, -0.25) is 9.52 Å². The Kier molecular flexibility index (Phi) is 10.0. The minimum atomic E-state index is -4.03. The highest BCUT2D eigenvalue weighted by molar-refractivity contribution is 7.92. The summed E-state index contributed by atoms with van der Waals surface area (Å²) in [6.07, 6.45) is -0.641. The topological polar surface area (TPSA) is 164 Å². The Balaban J connectivity index is 1.61. The van der Waals surface area contributed by atoms with E-state index in [9.17, 15) is 23.1 Å². The van der Waals surface area contributed by atoms with Crippen molar-refractivity contribution in [3.8, 4) is 11.5 Å². The molecule has 3 N–H and O–H groups in total. The Morgan fingerprint density at radius 3 is 2.50 bits per heavy atom. The third-order valence-electron chi connectivity index (χ3n) is 7.55. The molecule has 4 rings (SSSR count). The van der Waals surface area contributed by atoms with Gasteiger partial charge in [0.2, 0.25) is 5.91 Å². The van der Waals surface area contributed by atoms with Crippen molar-refractivity contribution in [2.75, 3.05) is 43.9 Å². The number of nitrogens with zero attached hydrogens (tertiary/aromatic N) is 3. The first-order valence-electron chi connectivity index (χ1n) is 14.1. The lowest BCUT2D eigenvalue weighted by atomic mass is 10.0. The van der Waals surface area contributed by atoms with E-state index in [4.69, 9.17) is 14.0 Å². The molecule has 1 aromatic heterocycles. The summed E-state index contributed by atoms with van der Waals surface area (Å²) in [5, 5.41) is 16.5. The number of amides is 3. The van der Waals surface area contributed by atoms with E-state index in [0.29, 0.717) is 22.7 Å². The van der Waals surface area contributed by atoms with Crippen LogP contribution < -0.4 is 19.5 Å². The quantitative estimate of drug-likeness (QED) is 0.322. The number of rotatable bonds is 9. The summed E-state index contributed by atoms with van der Waals surface area (Å²) in [7, 11) is -0.821. The minimum absolute atomic E-state index is 0.0545. The number of hydrogen-bond acceptors (Lipinski definition) is 9. The van der Waals surface area contributed by atoms with Crippen LogP contribution in [0.2, 0.25) is 0 Å². The van der Waals surface area contributed by atoms with Crippen LogP contribution in [0.5, 0.6) is 11.5 Å². The van der Waals surface area contributed by atoms with Gasteiger partial charge >= 0.3 is 6.03 Å². The molecule has 44 heavy (non-hydrogen) atoms. The number of aliphatic hydroxyl groups excluding tert-OH is 1. The second-order valence-electron chi connectivity index (χ2n) is 11.0. The summed E-state index contributed by atoms with van der Waals surface area (Å²) in [5.41, 5.74) is 1.49. The summed E-state index contributed by atoms with van der Waals surface area (Å²) in [4.78, 5) is 29.6. The largest absolute Gasteiger partial charge is 0.497 e. The lowest BCUT2D eigenvalue weighted by molar-refractivity contribution is -0.134. The fourth-order valence-corrected chi connectivity index (χ4v) is 6.40. The molecule has 1 aliphatic heterocycles. The number of likely N-dealkylation sites (N-methyl/N-ethyl adjacent to an activating group) is 1. The van der Waals surface area contributed by atoms with Crippen molar-refractivity contribution in [3.05, 3.63) is 59.5 Å². The number of carbonyl (C=O) groups is 2. The Bertz CT molecular complexity index is 1570. The molecule has 0 spiro atoms. The van der Waals surface area contributed by atoms with Crippen molar-refractivity contribution in [3.63, 3.8) is 0 Å². The Labute approximate surface area is 257 Å². The van der Waals surface area contributed by atoms with Crippen LogP contribution in [0.4, 0.5) is 16.2 Å². The van der Waals surface area contributed by atoms with Crippen LogP contribution in [0.15, 0.2) is 51.9 Å². The highest BCUT2D eigenvalue weighted by Crippen LogP contribution is 2.31. The molecule has 0 fully saturated rings. The van der Waals surface area contributed by atoms with Crippen LogP contribution in [-0.2, 0) is 21.2 Å². The number of sulfonamides is 1. The van der Waals surface area contributed by atoms with Gasteiger partial charge in [-0.05, 0) is 63.2 Å². The Morgan fingerprint density at radius 2 is 1.89 bits per heavy atom. The van der Waals surface area contributed by atoms with Gasteiger partial charge in [-0.15, -0.1) is 0 Å². The van der Waals surface area contributed by atoms with Gasteiger partial charge in [0.05, 0.1) is 32.7 Å². The van der Waals surface area contributed by atoms with Gasteiger partial charge < -0.3 is 34.2 Å². The molecule has 3 aromatic rings. The van der Waals surface area contributed by atoms with Crippen LogP contribution >= 0.6 is 0 Å². The second-order valence-corrected chi connectivity index (χ2v) is 12.6. The zero-order chi connectivity index (χ0) is 32.2. The number of anilines is 2. The molecule has 0 unspecified atom stereocenters. The van der Waals surface area contributed by atoms with Crippen LogP contribution in [-0.4, -0.2) is 86.4 Å². The zero-order valence-electron chi connectivity index (χ0n) is 25.7. The van der Waals surface area contributed by atoms with Gasteiger partial charge in [-0.1, -0.05) is 12.1 Å². The molecule has 0 radical (unpaired) electrons. The molecule has 0 saturated carbocycles. The molecule has 0 aliphatic carbocycles. The van der Waals surface area contributed by atoms with E-state index in [1.165, 1.54) is 18.7 Å². The highest BCUT2D eigenvalue weighted by atomic mass is 32.2. The Morgan fingerprint density at radius 1 is 1.20 bits per heavy atom. The van der Waals surface area contributed by atoms with E-state index in [-0.39, 0.29) is 66.0 Å². The minimum Gasteiger partial charge on any atom is -0.497 e. The fraction of sp³-hybridized carbons (Fsp3) is 0.433. The number of hydrogen-bond donors (Lipinski definition) is 3. The molecule has 3 atom stereocenters. The van der Waals surface area contributed by atoms with Gasteiger partial charge in [-0.25, -0.2) is 13.2 Å². The van der Waals surface area contributed by atoms with Gasteiger partial charge in [-0.2, -0.15) is 0 Å². The molecule has 0 bridgehead atoms. The molecular formula is C30H39N5O8S. The van der Waals surface area contributed by atoms with E-state index in [2.05, 4.69) is 15.2 Å². The second kappa shape index (κ2) is 13.6. The van der Waals surface area contributed by atoms with E-state index in [1.807, 2.05) is 6.92 Å². The van der Waals surface area contributed by atoms with Crippen LogP contribution in [0.25, 0.3) is 0 Å². The molecular weight excluding hydrogens is 590 g/mol. The van der Waals surface area contributed by atoms with Crippen LogP contribution in [0, 0.1) is 19.8 Å². The number of carbonyl (C=O) groups excluding carboxylic acids is 2. The predicted octanol–water partition coefficient (Wildman–Crippen LogP) is 3.41. The average molecular weight is 630 g/mol. The van der Waals surface area contributed by atoms with E-state index < -0.39 is 22.2 Å². The third kappa shape index (κ3) is 7.42. The monoisotopic (exact) mass is 629 g/mol. The fourth-order valence-electron chi connectivity index (χ4n) is 5.02. The van der Waals surface area contributed by atoms with Crippen molar-refractivity contribution < 1.29 is 37.1 Å². The number of aryl methyl sites for hydroxylation is 2. The van der Waals surface area contributed by atoms with Crippen LogP contribution in [0.3, 0.4) is 0 Å². The maximum atomic E-state index is 13.5. The molecule has 2 heterocycles. The molecule has 1 aliphatic rings. The third-order valence-corrected chi connectivity index (χ3v) is 9.17. The summed E-state index contributed by atoms with van der Waals surface area (Å²) in [5.74, 6) is 0.714. The van der Waals surface area contributed by atoms with Crippen molar-refractivity contribution in [1.29, 1.82) is 0 Å². The zero-order valence-corrected chi connectivity index (χ0v) is 26.5. The smallest absolute Gasteiger partial charge is 0.321 e. The SMILES string of the molecule is COc1ccc(NC(=O)N(C)C[C@@H]2Oc3ccc(NS(=O)(=O)c4c(C)noc4C)cc3CC(=O)N([C@@H](C)CO)C[C@H]2C)cc1. The maximum Gasteiger partial charge on any atom is 0.321 e. The van der Waals surface area contributed by atoms with Gasteiger partial charge in [0.1, 0.15) is 23.3 Å². The number of urea groups is 1. The predicted molar refractivity (Wildman–Crippen MR) is 163 cm³/mol. The Hall–Kier alpha value is -4.30. The molecule has 14 heteroatoms. The van der Waals surface area contributed by atoms with Crippen molar-refractivity contribution in [2.45, 2.75) is 51.2 Å². The van der Waals surface area contributed by atoms with Gasteiger partial charge in [0.25, 0.3) is 10.0 Å². The number of nitrogens with one attached hydrogen (secondary N) is 2. The van der Waals surface area contributed by atoms with E-state index in [1.54, 1.807) is 68.4 Å². The first kappa shape index (κ1) is 32.6. The van der Waals surface area contributed by atoms with Gasteiger partial charge in [0, 0.05) is 36.4 Å². The molecule has 0 saturated heterocycles. The number of ether oxygens (including phenoxy) is 2. The normalized spacial score (nSPS) is 17.8. The first-order valence-corrected chi connectivity index (χ1v) is 15.6. The standard InChI is InChI=1S/C30H39N5O8S/c1-18-15-35(19(2)17-36)28(37)14-22-13-24(33-44(39,40)29-20(3)32-43-21(29)4)9-12-26(22)42-27(18)16-34(5)30(38)31-23-7-10-25(41-6)11-8-23/h7-13,18-19,27,33,36H,14-17H2,1-6H3,(H,31,38)/t18-,19+,27+/m1/s1. The molecule has 13 nitrogen and oxygen atoms in total. The average Bonchev–Trinajstić information content (AvgIpc) is 3.35. The van der Waals surface area contributed by atoms with Crippen molar-refractivity contribution >= 4 is 33.3 Å². The number of aromatic nitrogens is 1. The first-order chi connectivity index (χ1) is 20.8. The van der Waals surface area contributed by atoms with Crippen LogP contribution in [0.1, 0.15) is 30.9 Å². The van der Waals surface area contributed by atoms with E-state index >= 15 is 0 Å². The highest BCUT2D eigenvalue weighted by Gasteiger charge is 2.32. The lowest BCUT2D eigenvalue weighted by Gasteiger charge is -2.34. The van der Waals surface area contributed by atoms with Crippen molar-refractivity contribution in [2.24, 2.45) is 5.92 Å². The molecule has 2 aromatic carbocycles. The summed E-state index contributed by atoms with van der Waals surface area (Å²) in [6, 6.07) is 10.8. The maximum absolute atomic E-state index is 13.5. The molecule has 3 amide bonds. The number of methoxy groups -OCH3 is 1.